The van der Waals surface area contributed by atoms with Crippen LogP contribution in [0.3, 0.4) is 0 Å². The van der Waals surface area contributed by atoms with Crippen molar-refractivity contribution in [2.45, 2.75) is 25.7 Å². The van der Waals surface area contributed by atoms with Gasteiger partial charge in [-0.2, -0.15) is 0 Å². The van der Waals surface area contributed by atoms with E-state index in [-0.39, 0.29) is 5.91 Å². The number of piperidine rings is 1. The maximum atomic E-state index is 12.6. The second-order valence-corrected chi connectivity index (χ2v) is 6.71. The molecule has 2 aromatic heterocycles. The van der Waals surface area contributed by atoms with Crippen molar-refractivity contribution >= 4 is 23.1 Å². The molecule has 1 aliphatic rings. The zero-order valence-electron chi connectivity index (χ0n) is 13.0. The van der Waals surface area contributed by atoms with Crippen LogP contribution in [-0.4, -0.2) is 35.9 Å². The Labute approximate surface area is 135 Å². The van der Waals surface area contributed by atoms with E-state index in [4.69, 9.17) is 0 Å². The third kappa shape index (κ3) is 3.14. The first kappa shape index (κ1) is 15.0. The number of aromatic nitrogens is 1. The number of anilines is 1. The number of aryl methyl sites for hydroxylation is 1. The zero-order chi connectivity index (χ0) is 15.5. The molecule has 1 aliphatic heterocycles. The molecule has 22 heavy (non-hydrogen) atoms. The Bertz CT molecular complexity index is 667. The van der Waals surface area contributed by atoms with E-state index < -0.39 is 0 Å². The molecular weight excluding hydrogens is 294 g/mol. The highest BCUT2D eigenvalue weighted by Gasteiger charge is 2.26. The molecule has 0 aliphatic carbocycles. The number of nitrogens with zero attached hydrogens (tertiary/aromatic N) is 2. The summed E-state index contributed by atoms with van der Waals surface area (Å²) in [6.07, 6.45) is 4.02. The average Bonchev–Trinajstić information content (AvgIpc) is 3.01. The molecule has 0 bridgehead atoms. The van der Waals surface area contributed by atoms with Crippen molar-refractivity contribution < 1.29 is 4.79 Å². The van der Waals surface area contributed by atoms with E-state index in [1.165, 1.54) is 5.56 Å². The van der Waals surface area contributed by atoms with Gasteiger partial charge in [0, 0.05) is 32.3 Å². The van der Waals surface area contributed by atoms with Crippen LogP contribution in [0.2, 0.25) is 0 Å². The largest absolute Gasteiger partial charge is 0.373 e. The third-order valence-electron chi connectivity index (χ3n) is 4.16. The Kier molecular flexibility index (Phi) is 4.43. The van der Waals surface area contributed by atoms with Gasteiger partial charge in [-0.05, 0) is 54.5 Å². The molecule has 0 spiro atoms. The topological polar surface area (TPSA) is 45.2 Å². The van der Waals surface area contributed by atoms with Gasteiger partial charge in [-0.15, -0.1) is 11.3 Å². The van der Waals surface area contributed by atoms with Gasteiger partial charge in [-0.25, -0.2) is 4.98 Å². The van der Waals surface area contributed by atoms with Crippen LogP contribution < -0.4 is 5.32 Å². The molecule has 3 rings (SSSR count). The van der Waals surface area contributed by atoms with Gasteiger partial charge >= 0.3 is 0 Å². The van der Waals surface area contributed by atoms with Gasteiger partial charge in [0.25, 0.3) is 5.91 Å². The number of rotatable bonds is 3. The van der Waals surface area contributed by atoms with E-state index >= 15 is 0 Å². The maximum absolute atomic E-state index is 12.6. The molecule has 1 N–H and O–H groups in total. The highest BCUT2D eigenvalue weighted by atomic mass is 32.1. The summed E-state index contributed by atoms with van der Waals surface area (Å²) in [5.74, 6) is 1.45. The summed E-state index contributed by atoms with van der Waals surface area (Å²) >= 11 is 1.54. The lowest BCUT2D eigenvalue weighted by atomic mass is 9.91. The van der Waals surface area contributed by atoms with Crippen molar-refractivity contribution in [1.82, 2.24) is 9.88 Å². The number of amides is 1. The fourth-order valence-corrected chi connectivity index (χ4v) is 3.84. The zero-order valence-corrected chi connectivity index (χ0v) is 13.8. The highest BCUT2D eigenvalue weighted by Crippen LogP contribution is 2.29. The van der Waals surface area contributed by atoms with E-state index in [0.717, 1.165) is 42.2 Å². The smallest absolute Gasteiger partial charge is 0.263 e. The fourth-order valence-electron chi connectivity index (χ4n) is 2.97. The minimum absolute atomic E-state index is 0.172. The molecule has 3 heterocycles. The van der Waals surface area contributed by atoms with Crippen LogP contribution in [-0.2, 0) is 0 Å². The van der Waals surface area contributed by atoms with Crippen molar-refractivity contribution in [2.75, 3.05) is 25.5 Å². The number of likely N-dealkylation sites (tertiary alicyclic amines) is 1. The maximum Gasteiger partial charge on any atom is 0.263 e. The van der Waals surface area contributed by atoms with E-state index in [0.29, 0.717) is 5.92 Å². The van der Waals surface area contributed by atoms with Crippen LogP contribution in [0.4, 0.5) is 5.82 Å². The Balaban J connectivity index is 1.75. The summed E-state index contributed by atoms with van der Waals surface area (Å²) in [6, 6.07) is 6.14. The Morgan fingerprint density at radius 2 is 2.32 bits per heavy atom. The normalized spacial score (nSPS) is 18.3. The van der Waals surface area contributed by atoms with Crippen molar-refractivity contribution in [3.05, 3.63) is 45.8 Å². The summed E-state index contributed by atoms with van der Waals surface area (Å²) < 4.78 is 0. The summed E-state index contributed by atoms with van der Waals surface area (Å²) in [5.41, 5.74) is 2.42. The van der Waals surface area contributed by atoms with Gasteiger partial charge in [0.15, 0.2) is 0 Å². The number of carbonyl (C=O) groups excluding carboxylic acids is 1. The Hall–Kier alpha value is -1.88. The van der Waals surface area contributed by atoms with Gasteiger partial charge < -0.3 is 10.2 Å². The summed E-state index contributed by atoms with van der Waals surface area (Å²) in [5, 5.41) is 5.12. The lowest BCUT2D eigenvalue weighted by molar-refractivity contribution is 0.0712. The number of nitrogens with one attached hydrogen (secondary N) is 1. The Morgan fingerprint density at radius 3 is 3.05 bits per heavy atom. The molecule has 0 aromatic carbocycles. The molecular formula is C17H21N3OS. The lowest BCUT2D eigenvalue weighted by Gasteiger charge is -2.33. The lowest BCUT2D eigenvalue weighted by Crippen LogP contribution is -2.38. The minimum atomic E-state index is 0.172. The molecule has 1 saturated heterocycles. The quantitative estimate of drug-likeness (QED) is 0.942. The minimum Gasteiger partial charge on any atom is -0.373 e. The molecule has 1 amide bonds. The Morgan fingerprint density at radius 1 is 1.45 bits per heavy atom. The average molecular weight is 315 g/mol. The van der Waals surface area contributed by atoms with Crippen molar-refractivity contribution in [3.8, 4) is 0 Å². The van der Waals surface area contributed by atoms with Gasteiger partial charge in [-0.3, -0.25) is 4.79 Å². The summed E-state index contributed by atoms with van der Waals surface area (Å²) in [6.45, 7) is 3.68. The van der Waals surface area contributed by atoms with Crippen LogP contribution in [0.5, 0.6) is 0 Å². The molecule has 0 saturated carbocycles. The van der Waals surface area contributed by atoms with Crippen molar-refractivity contribution in [3.63, 3.8) is 0 Å². The van der Waals surface area contributed by atoms with Crippen molar-refractivity contribution in [1.29, 1.82) is 0 Å². The number of thiophene rings is 1. The van der Waals surface area contributed by atoms with E-state index in [2.05, 4.69) is 22.4 Å². The molecule has 1 atom stereocenters. The molecule has 0 radical (unpaired) electrons. The predicted octanol–water partition coefficient (Wildman–Crippen LogP) is 3.51. The van der Waals surface area contributed by atoms with Gasteiger partial charge in [0.05, 0.1) is 4.88 Å². The third-order valence-corrected chi connectivity index (χ3v) is 5.20. The van der Waals surface area contributed by atoms with E-state index in [1.54, 1.807) is 11.3 Å². The van der Waals surface area contributed by atoms with Gasteiger partial charge in [-0.1, -0.05) is 0 Å². The molecule has 2 aromatic rings. The predicted molar refractivity (Wildman–Crippen MR) is 90.7 cm³/mol. The number of hydrogen-bond acceptors (Lipinski definition) is 4. The number of hydrogen-bond donors (Lipinski definition) is 1. The number of pyridine rings is 1. The summed E-state index contributed by atoms with van der Waals surface area (Å²) in [7, 11) is 1.88. The van der Waals surface area contributed by atoms with Crippen LogP contribution in [0.25, 0.3) is 0 Å². The first-order valence-electron chi connectivity index (χ1n) is 7.65. The molecule has 1 fully saturated rings. The highest BCUT2D eigenvalue weighted by molar-refractivity contribution is 7.12. The van der Waals surface area contributed by atoms with Gasteiger partial charge in [0.1, 0.15) is 5.82 Å². The fraction of sp³-hybridized carbons (Fsp3) is 0.412. The second-order valence-electron chi connectivity index (χ2n) is 5.80. The SMILES string of the molecule is CNc1cc(C2CCCN(C(=O)c3cc(C)cs3)C2)ccn1. The van der Waals surface area contributed by atoms with E-state index in [9.17, 15) is 4.79 Å². The monoisotopic (exact) mass is 315 g/mol. The summed E-state index contributed by atoms with van der Waals surface area (Å²) in [4.78, 5) is 19.7. The van der Waals surface area contributed by atoms with E-state index in [1.807, 2.05) is 36.5 Å². The second kappa shape index (κ2) is 6.48. The number of carbonyl (C=O) groups is 1. The van der Waals surface area contributed by atoms with Gasteiger partial charge in [0.2, 0.25) is 0 Å². The first-order chi connectivity index (χ1) is 10.7. The van der Waals surface area contributed by atoms with Crippen LogP contribution in [0.15, 0.2) is 29.8 Å². The molecule has 5 heteroatoms. The molecule has 1 unspecified atom stereocenters. The van der Waals surface area contributed by atoms with Crippen LogP contribution in [0.1, 0.15) is 39.6 Å². The van der Waals surface area contributed by atoms with Crippen LogP contribution >= 0.6 is 11.3 Å². The molecule has 116 valence electrons. The van der Waals surface area contributed by atoms with Crippen LogP contribution in [0, 0.1) is 6.92 Å². The molecule has 4 nitrogen and oxygen atoms in total. The first-order valence-corrected chi connectivity index (χ1v) is 8.53. The van der Waals surface area contributed by atoms with Crippen molar-refractivity contribution in [2.24, 2.45) is 0 Å². The standard InChI is InChI=1S/C17H21N3OS/c1-12-8-15(22-11-12)17(21)20-7-3-4-14(10-20)13-5-6-19-16(9-13)18-2/h5-6,8-9,11,14H,3-4,7,10H2,1-2H3,(H,18,19).